The number of allylic oxidation sites excluding steroid dienone is 1. The van der Waals surface area contributed by atoms with Crippen LogP contribution < -0.4 is 5.19 Å². The predicted octanol–water partition coefficient (Wildman–Crippen LogP) is 5.47. The zero-order chi connectivity index (χ0) is 15.8. The smallest absolute Gasteiger partial charge is 0.0861 e. The molecule has 1 aliphatic rings. The van der Waals surface area contributed by atoms with Gasteiger partial charge in [-0.3, -0.25) is 0 Å². The minimum atomic E-state index is 0.300. The molecule has 120 valence electrons. The third-order valence-corrected chi connectivity index (χ3v) is 8.69. The highest BCUT2D eigenvalue weighted by molar-refractivity contribution is 8.18. The lowest BCUT2D eigenvalue weighted by Crippen LogP contribution is -2.33. The monoisotopic (exact) mass is 348 g/mol. The zero-order valence-electron chi connectivity index (χ0n) is 13.9. The summed E-state index contributed by atoms with van der Waals surface area (Å²) in [6.45, 7) is 8.57. The van der Waals surface area contributed by atoms with Crippen LogP contribution in [0.15, 0.2) is 36.9 Å². The van der Waals surface area contributed by atoms with Crippen molar-refractivity contribution in [2.45, 2.75) is 49.7 Å². The molecular formula is C19H28S2Si. The molecule has 1 aromatic rings. The van der Waals surface area contributed by atoms with Crippen molar-refractivity contribution < 1.29 is 0 Å². The van der Waals surface area contributed by atoms with Crippen molar-refractivity contribution in [1.29, 1.82) is 0 Å². The van der Waals surface area contributed by atoms with Gasteiger partial charge in [0.05, 0.1) is 13.6 Å². The quantitative estimate of drug-likeness (QED) is 0.347. The van der Waals surface area contributed by atoms with E-state index in [1.54, 1.807) is 10.8 Å². The van der Waals surface area contributed by atoms with Crippen molar-refractivity contribution in [1.82, 2.24) is 0 Å². The van der Waals surface area contributed by atoms with Gasteiger partial charge < -0.3 is 0 Å². The lowest BCUT2D eigenvalue weighted by Gasteiger charge is -2.39. The Kier molecular flexibility index (Phi) is 7.65. The molecule has 1 saturated heterocycles. The largest absolute Gasteiger partial charge is 0.139 e. The van der Waals surface area contributed by atoms with Crippen LogP contribution in [0.2, 0.25) is 6.04 Å². The van der Waals surface area contributed by atoms with E-state index < -0.39 is 0 Å². The van der Waals surface area contributed by atoms with Crippen molar-refractivity contribution >= 4 is 38.2 Å². The second kappa shape index (κ2) is 9.24. The van der Waals surface area contributed by atoms with Gasteiger partial charge in [0.15, 0.2) is 0 Å². The van der Waals surface area contributed by atoms with Gasteiger partial charge in [0.25, 0.3) is 0 Å². The van der Waals surface area contributed by atoms with Crippen molar-refractivity contribution in [3.8, 4) is 0 Å². The molecule has 2 radical (unpaired) electrons. The molecule has 0 nitrogen and oxygen atoms in total. The maximum absolute atomic E-state index is 3.84. The summed E-state index contributed by atoms with van der Waals surface area (Å²) in [5.41, 5.74) is 1.62. The summed E-state index contributed by atoms with van der Waals surface area (Å²) in [6.07, 6.45) is 7.11. The second-order valence-corrected chi connectivity index (χ2v) is 10.7. The van der Waals surface area contributed by atoms with Gasteiger partial charge in [0.1, 0.15) is 0 Å². The van der Waals surface area contributed by atoms with E-state index in [0.717, 1.165) is 21.9 Å². The first-order valence-corrected chi connectivity index (χ1v) is 11.6. The first-order valence-electron chi connectivity index (χ1n) is 8.40. The van der Waals surface area contributed by atoms with Crippen molar-refractivity contribution in [3.05, 3.63) is 42.5 Å². The summed E-state index contributed by atoms with van der Waals surface area (Å²) in [4.78, 5) is 0. The molecule has 0 N–H and O–H groups in total. The Balaban J connectivity index is 2.21. The zero-order valence-corrected chi connectivity index (χ0v) is 16.6. The third-order valence-electron chi connectivity index (χ3n) is 3.87. The number of benzene rings is 1. The van der Waals surface area contributed by atoms with Crippen LogP contribution in [-0.2, 0) is 4.08 Å². The van der Waals surface area contributed by atoms with E-state index in [4.69, 9.17) is 0 Å². The van der Waals surface area contributed by atoms with Crippen molar-refractivity contribution in [2.24, 2.45) is 5.92 Å². The van der Waals surface area contributed by atoms with E-state index in [0.29, 0.717) is 4.08 Å². The fourth-order valence-electron chi connectivity index (χ4n) is 2.93. The molecule has 0 aromatic heterocycles. The lowest BCUT2D eigenvalue weighted by atomic mass is 10.0. The fraction of sp³-hybridized carbons (Fsp3) is 0.579. The van der Waals surface area contributed by atoms with Gasteiger partial charge in [-0.1, -0.05) is 61.8 Å². The molecule has 22 heavy (non-hydrogen) atoms. The summed E-state index contributed by atoms with van der Waals surface area (Å²) in [5.74, 6) is 3.37. The molecule has 3 heteroatoms. The molecule has 0 saturated carbocycles. The Labute approximate surface area is 147 Å². The van der Waals surface area contributed by atoms with Gasteiger partial charge in [0, 0.05) is 0 Å². The van der Waals surface area contributed by atoms with Crippen LogP contribution in [0.4, 0.5) is 0 Å². The van der Waals surface area contributed by atoms with Gasteiger partial charge in [-0.25, -0.2) is 0 Å². The number of unbranched alkanes of at least 4 members (excludes halogenated alkanes) is 1. The SMILES string of the molecule is C=CCCC[Si]c1ccccc1C1(CC(C)C)SCCCS1. The summed E-state index contributed by atoms with van der Waals surface area (Å²) in [5, 5.41) is 1.61. The first kappa shape index (κ1) is 18.2. The molecule has 0 bridgehead atoms. The third kappa shape index (κ3) is 4.94. The maximum Gasteiger partial charge on any atom is 0.0861 e. The van der Waals surface area contributed by atoms with Crippen molar-refractivity contribution in [3.63, 3.8) is 0 Å². The van der Waals surface area contributed by atoms with E-state index >= 15 is 0 Å². The normalized spacial score (nSPS) is 17.6. The summed E-state index contributed by atoms with van der Waals surface area (Å²) in [7, 11) is 0.940. The van der Waals surface area contributed by atoms with Crippen LogP contribution in [0.1, 0.15) is 45.1 Å². The number of hydrogen-bond donors (Lipinski definition) is 0. The minimum absolute atomic E-state index is 0.300. The average molecular weight is 349 g/mol. The standard InChI is InChI=1S/C19H28S2Si/c1-4-5-8-14-22-18-11-7-6-10-17(18)19(15-16(2)3)20-12-9-13-21-19/h4,6-7,10-11,16H,1,5,8-9,12-15H2,2-3H3. The summed E-state index contributed by atoms with van der Waals surface area (Å²) in [6, 6.07) is 10.5. The molecule has 1 heterocycles. The first-order chi connectivity index (χ1) is 10.7. The molecule has 0 unspecified atom stereocenters. The average Bonchev–Trinajstić information content (AvgIpc) is 2.52. The van der Waals surface area contributed by atoms with Gasteiger partial charge in [-0.15, -0.1) is 30.1 Å². The number of thioether (sulfide) groups is 2. The Morgan fingerprint density at radius 1 is 1.27 bits per heavy atom. The number of hydrogen-bond acceptors (Lipinski definition) is 2. The molecule has 0 amide bonds. The van der Waals surface area contributed by atoms with Crippen LogP contribution in [0.25, 0.3) is 0 Å². The summed E-state index contributed by atoms with van der Waals surface area (Å²) >= 11 is 4.40. The van der Waals surface area contributed by atoms with E-state index in [2.05, 4.69) is 68.2 Å². The van der Waals surface area contributed by atoms with Gasteiger partial charge in [-0.05, 0) is 42.2 Å². The molecule has 1 fully saturated rings. The molecule has 0 aliphatic carbocycles. The molecule has 0 atom stereocenters. The molecule has 1 aliphatic heterocycles. The van der Waals surface area contributed by atoms with E-state index in [1.165, 1.54) is 36.8 Å². The molecular weight excluding hydrogens is 320 g/mol. The van der Waals surface area contributed by atoms with E-state index in [9.17, 15) is 0 Å². The van der Waals surface area contributed by atoms with Crippen molar-refractivity contribution in [2.75, 3.05) is 11.5 Å². The predicted molar refractivity (Wildman–Crippen MR) is 107 cm³/mol. The number of rotatable bonds is 8. The van der Waals surface area contributed by atoms with Crippen LogP contribution in [-0.4, -0.2) is 21.0 Å². The second-order valence-electron chi connectivity index (χ2n) is 6.30. The highest BCUT2D eigenvalue weighted by Crippen LogP contribution is 2.53. The highest BCUT2D eigenvalue weighted by Gasteiger charge is 2.37. The fourth-order valence-corrected chi connectivity index (χ4v) is 8.29. The Bertz CT molecular complexity index is 464. The van der Waals surface area contributed by atoms with E-state index in [1.807, 2.05) is 6.08 Å². The highest BCUT2D eigenvalue weighted by atomic mass is 32.2. The Morgan fingerprint density at radius 3 is 2.68 bits per heavy atom. The van der Waals surface area contributed by atoms with Crippen LogP contribution in [0, 0.1) is 5.92 Å². The van der Waals surface area contributed by atoms with Crippen LogP contribution >= 0.6 is 23.5 Å². The van der Waals surface area contributed by atoms with E-state index in [-0.39, 0.29) is 0 Å². The topological polar surface area (TPSA) is 0 Å². The van der Waals surface area contributed by atoms with Crippen LogP contribution in [0.5, 0.6) is 0 Å². The minimum Gasteiger partial charge on any atom is -0.139 e. The molecule has 1 aromatic carbocycles. The van der Waals surface area contributed by atoms with Gasteiger partial charge in [0.2, 0.25) is 0 Å². The Morgan fingerprint density at radius 2 is 2.00 bits per heavy atom. The van der Waals surface area contributed by atoms with Gasteiger partial charge >= 0.3 is 0 Å². The molecule has 0 spiro atoms. The van der Waals surface area contributed by atoms with Gasteiger partial charge in [-0.2, -0.15) is 0 Å². The lowest BCUT2D eigenvalue weighted by molar-refractivity contribution is 0.556. The Hall–Kier alpha value is -0.123. The molecule has 2 rings (SSSR count). The maximum atomic E-state index is 3.84. The van der Waals surface area contributed by atoms with Crippen LogP contribution in [0.3, 0.4) is 0 Å². The summed E-state index contributed by atoms with van der Waals surface area (Å²) < 4.78 is 0.300.